The Labute approximate surface area is 133 Å². The molecule has 2 heterocycles. The van der Waals surface area contributed by atoms with Gasteiger partial charge in [-0.15, -0.1) is 0 Å². The molecule has 0 unspecified atom stereocenters. The van der Waals surface area contributed by atoms with Crippen molar-refractivity contribution in [3.8, 4) is 0 Å². The molecule has 2 rings (SSSR count). The highest BCUT2D eigenvalue weighted by atomic mass is 16.5. The Morgan fingerprint density at radius 3 is 2.35 bits per heavy atom. The van der Waals surface area contributed by atoms with E-state index in [4.69, 9.17) is 4.74 Å². The maximum atomic E-state index is 11.9. The Morgan fingerprint density at radius 1 is 1.13 bits per heavy atom. The molecule has 2 aromatic rings. The number of hydrogen-bond donors (Lipinski definition) is 2. The molecule has 0 aliphatic rings. The first-order valence-corrected chi connectivity index (χ1v) is 6.91. The van der Waals surface area contributed by atoms with Crippen molar-refractivity contribution in [3.05, 3.63) is 48.8 Å². The number of carbonyl (C=O) groups excluding carboxylic acids is 1. The fraction of sp³-hybridized carbons (Fsp3) is 0.133. The zero-order valence-electron chi connectivity index (χ0n) is 12.5. The summed E-state index contributed by atoms with van der Waals surface area (Å²) in [5, 5.41) is 7.89. The minimum absolute atomic E-state index is 0.000865. The van der Waals surface area contributed by atoms with Crippen molar-refractivity contribution in [2.45, 2.75) is 6.92 Å². The maximum Gasteiger partial charge on any atom is 0.360 e. The zero-order chi connectivity index (χ0) is 16.3. The van der Waals surface area contributed by atoms with E-state index in [1.165, 1.54) is 6.21 Å². The van der Waals surface area contributed by atoms with Gasteiger partial charge in [-0.1, -0.05) is 12.1 Å². The highest BCUT2D eigenvalue weighted by molar-refractivity contribution is 6.59. The molecule has 0 amide bonds. The minimum atomic E-state index is -0.595. The van der Waals surface area contributed by atoms with Crippen molar-refractivity contribution in [3.63, 3.8) is 0 Å². The largest absolute Gasteiger partial charge is 0.461 e. The van der Waals surface area contributed by atoms with Crippen molar-refractivity contribution in [2.24, 2.45) is 10.2 Å². The molecule has 0 bridgehead atoms. The summed E-state index contributed by atoms with van der Waals surface area (Å²) >= 11 is 0. The lowest BCUT2D eigenvalue weighted by Crippen LogP contribution is -2.21. The molecule has 2 N–H and O–H groups in total. The quantitative estimate of drug-likeness (QED) is 0.460. The van der Waals surface area contributed by atoms with Crippen LogP contribution in [0.15, 0.2) is 59.0 Å². The summed E-state index contributed by atoms with van der Waals surface area (Å²) in [6, 6.07) is 10.6. The molecule has 118 valence electrons. The summed E-state index contributed by atoms with van der Waals surface area (Å²) < 4.78 is 4.93. The summed E-state index contributed by atoms with van der Waals surface area (Å²) in [7, 11) is 0. The van der Waals surface area contributed by atoms with Gasteiger partial charge in [0.15, 0.2) is 5.71 Å². The summed E-state index contributed by atoms with van der Waals surface area (Å²) in [4.78, 5) is 19.9. The second-order valence-corrected chi connectivity index (χ2v) is 4.13. The summed E-state index contributed by atoms with van der Waals surface area (Å²) in [6.07, 6.45) is 4.49. The first-order valence-electron chi connectivity index (χ1n) is 6.91. The molecule has 0 fully saturated rings. The zero-order valence-corrected chi connectivity index (χ0v) is 12.5. The highest BCUT2D eigenvalue weighted by Crippen LogP contribution is 2.00. The van der Waals surface area contributed by atoms with Gasteiger partial charge in [0, 0.05) is 12.4 Å². The maximum absolute atomic E-state index is 11.9. The number of nitrogens with one attached hydrogen (secondary N) is 2. The van der Waals surface area contributed by atoms with E-state index in [0.717, 1.165) is 0 Å². The van der Waals surface area contributed by atoms with Crippen LogP contribution in [0.2, 0.25) is 0 Å². The van der Waals surface area contributed by atoms with E-state index in [-0.39, 0.29) is 12.3 Å². The average Bonchev–Trinajstić information content (AvgIpc) is 2.60. The van der Waals surface area contributed by atoms with E-state index >= 15 is 0 Å². The number of carbonyl (C=O) groups is 1. The van der Waals surface area contributed by atoms with E-state index in [9.17, 15) is 4.79 Å². The van der Waals surface area contributed by atoms with Gasteiger partial charge in [-0.3, -0.25) is 10.9 Å². The number of rotatable bonds is 7. The molecule has 2 aromatic heterocycles. The topological polar surface area (TPSA) is 101 Å². The number of aromatic nitrogens is 2. The van der Waals surface area contributed by atoms with Gasteiger partial charge in [0.05, 0.1) is 12.8 Å². The van der Waals surface area contributed by atoms with Crippen LogP contribution in [0.3, 0.4) is 0 Å². The number of esters is 1. The number of anilines is 2. The number of hydrogen-bond acceptors (Lipinski definition) is 8. The van der Waals surface area contributed by atoms with Crippen molar-refractivity contribution < 1.29 is 9.53 Å². The van der Waals surface area contributed by atoms with Gasteiger partial charge in [0.2, 0.25) is 0 Å². The fourth-order valence-electron chi connectivity index (χ4n) is 1.47. The lowest BCUT2D eigenvalue weighted by molar-refractivity contribution is -0.134. The van der Waals surface area contributed by atoms with Crippen LogP contribution in [-0.4, -0.2) is 34.5 Å². The van der Waals surface area contributed by atoms with E-state index in [1.54, 1.807) is 49.6 Å². The Kier molecular flexibility index (Phi) is 6.21. The molecule has 0 aliphatic heterocycles. The lowest BCUT2D eigenvalue weighted by atomic mass is 10.4. The molecule has 8 heteroatoms. The average molecular weight is 312 g/mol. The van der Waals surface area contributed by atoms with Gasteiger partial charge in [-0.05, 0) is 31.2 Å². The lowest BCUT2D eigenvalue weighted by Gasteiger charge is -2.03. The van der Waals surface area contributed by atoms with Gasteiger partial charge in [0.1, 0.15) is 11.6 Å². The predicted molar refractivity (Wildman–Crippen MR) is 88.3 cm³/mol. The van der Waals surface area contributed by atoms with Crippen LogP contribution in [0.25, 0.3) is 0 Å². The highest BCUT2D eigenvalue weighted by Gasteiger charge is 2.10. The first-order chi connectivity index (χ1) is 11.3. The van der Waals surface area contributed by atoms with Crippen molar-refractivity contribution in [1.29, 1.82) is 0 Å². The number of ether oxygens (including phenoxy) is 1. The van der Waals surface area contributed by atoms with E-state index < -0.39 is 5.97 Å². The Hall–Kier alpha value is -3.29. The van der Waals surface area contributed by atoms with Gasteiger partial charge < -0.3 is 4.74 Å². The van der Waals surface area contributed by atoms with Crippen molar-refractivity contribution in [2.75, 3.05) is 17.5 Å². The van der Waals surface area contributed by atoms with Gasteiger partial charge in [-0.25, -0.2) is 14.8 Å². The molecule has 0 aliphatic carbocycles. The van der Waals surface area contributed by atoms with Gasteiger partial charge in [0.25, 0.3) is 0 Å². The molecule has 0 spiro atoms. The molecule has 0 saturated heterocycles. The fourth-order valence-corrected chi connectivity index (χ4v) is 1.47. The second kappa shape index (κ2) is 8.88. The summed E-state index contributed by atoms with van der Waals surface area (Å²) in [6.45, 7) is 1.95. The second-order valence-electron chi connectivity index (χ2n) is 4.13. The van der Waals surface area contributed by atoms with Crippen molar-refractivity contribution in [1.82, 2.24) is 9.97 Å². The smallest absolute Gasteiger partial charge is 0.360 e. The monoisotopic (exact) mass is 312 g/mol. The van der Waals surface area contributed by atoms with Crippen LogP contribution in [-0.2, 0) is 9.53 Å². The van der Waals surface area contributed by atoms with Crippen LogP contribution < -0.4 is 10.9 Å². The normalized spacial score (nSPS) is 11.3. The van der Waals surface area contributed by atoms with E-state index in [0.29, 0.717) is 11.6 Å². The Bertz CT molecular complexity index is 673. The van der Waals surface area contributed by atoms with Gasteiger partial charge in [-0.2, -0.15) is 10.2 Å². The molecular formula is C15H16N6O2. The molecule has 0 radical (unpaired) electrons. The summed E-state index contributed by atoms with van der Waals surface area (Å²) in [5.74, 6) is 0.451. The number of nitrogens with zero attached hydrogens (tertiary/aromatic N) is 4. The van der Waals surface area contributed by atoms with Gasteiger partial charge >= 0.3 is 5.97 Å². The molecule has 23 heavy (non-hydrogen) atoms. The first kappa shape index (κ1) is 16.1. The number of hydrazone groups is 2. The Morgan fingerprint density at radius 2 is 1.78 bits per heavy atom. The molecule has 0 aromatic carbocycles. The summed E-state index contributed by atoms with van der Waals surface area (Å²) in [5.41, 5.74) is 5.37. The third-order valence-corrected chi connectivity index (χ3v) is 2.47. The number of pyridine rings is 2. The van der Waals surface area contributed by atoms with E-state index in [1.807, 2.05) is 6.07 Å². The predicted octanol–water partition coefficient (Wildman–Crippen LogP) is 1.91. The van der Waals surface area contributed by atoms with Crippen LogP contribution >= 0.6 is 0 Å². The van der Waals surface area contributed by atoms with Crippen LogP contribution in [0.4, 0.5) is 11.6 Å². The van der Waals surface area contributed by atoms with Crippen LogP contribution in [0, 0.1) is 0 Å². The third kappa shape index (κ3) is 5.54. The van der Waals surface area contributed by atoms with Crippen LogP contribution in [0.1, 0.15) is 6.92 Å². The van der Waals surface area contributed by atoms with Crippen molar-refractivity contribution >= 4 is 29.5 Å². The standard InChI is InChI=1S/C15H16N6O2/c1-2-23-15(22)12(19-21-14-8-4-6-10-17-14)11-18-20-13-7-3-5-9-16-13/h3-11H,2H2,1H3,(H,16,20)(H,17,21). The van der Waals surface area contributed by atoms with E-state index in [2.05, 4.69) is 31.0 Å². The minimum Gasteiger partial charge on any atom is -0.461 e. The Balaban J connectivity index is 2.06. The molecule has 8 nitrogen and oxygen atoms in total. The third-order valence-electron chi connectivity index (χ3n) is 2.47. The molecular weight excluding hydrogens is 296 g/mol. The van der Waals surface area contributed by atoms with Crippen LogP contribution in [0.5, 0.6) is 0 Å². The molecule has 0 saturated carbocycles. The SMILES string of the molecule is CCOC(=O)C(C=NNc1ccccn1)=NNc1ccccn1. The molecule has 0 atom stereocenters.